The van der Waals surface area contributed by atoms with Crippen LogP contribution >= 0.6 is 7.82 Å². The summed E-state index contributed by atoms with van der Waals surface area (Å²) in [7, 11) is 0.841. The van der Waals surface area contributed by atoms with E-state index in [1.807, 2.05) is 21.1 Å². The number of rotatable bonds is 11. The maximum absolute atomic E-state index is 11.1. The Bertz CT molecular complexity index is 413. The van der Waals surface area contributed by atoms with Gasteiger partial charge in [-0.2, -0.15) is 0 Å². The highest BCUT2D eigenvalue weighted by Gasteiger charge is 2.22. The average Bonchev–Trinajstić information content (AvgIpc) is 2.28. The second kappa shape index (κ2) is 9.39. The lowest BCUT2D eigenvalue weighted by Crippen LogP contribution is -2.42. The van der Waals surface area contributed by atoms with Gasteiger partial charge >= 0.3 is 5.97 Å². The molecule has 2 unspecified atom stereocenters. The summed E-state index contributed by atoms with van der Waals surface area (Å²) in [6.45, 7) is 5.88. The molecule has 22 heavy (non-hydrogen) atoms. The quantitative estimate of drug-likeness (QED) is 0.187. The topological polar surface area (TPSA) is 105 Å². The zero-order valence-corrected chi connectivity index (χ0v) is 14.5. The Kier molecular flexibility index (Phi) is 9.07. The molecule has 0 aromatic rings. The van der Waals surface area contributed by atoms with Crippen LogP contribution in [-0.2, 0) is 23.4 Å². The number of esters is 1. The molecule has 0 saturated heterocycles. The third kappa shape index (κ3) is 12.9. The van der Waals surface area contributed by atoms with Crippen LogP contribution in [0.4, 0.5) is 0 Å². The normalized spacial score (nSPS) is 15.9. The highest BCUT2D eigenvalue weighted by atomic mass is 31.2. The molecule has 0 rings (SSSR count). The van der Waals surface area contributed by atoms with Crippen molar-refractivity contribution in [1.82, 2.24) is 0 Å². The van der Waals surface area contributed by atoms with Gasteiger partial charge in [0.05, 0.1) is 27.7 Å². The van der Waals surface area contributed by atoms with E-state index in [-0.39, 0.29) is 26.2 Å². The van der Waals surface area contributed by atoms with Crippen molar-refractivity contribution in [2.45, 2.75) is 19.4 Å². The molecule has 1 N–H and O–H groups in total. The van der Waals surface area contributed by atoms with Crippen molar-refractivity contribution < 1.29 is 37.6 Å². The van der Waals surface area contributed by atoms with Crippen LogP contribution in [0, 0.1) is 0 Å². The van der Waals surface area contributed by atoms with Crippen molar-refractivity contribution in [3.8, 4) is 0 Å². The van der Waals surface area contributed by atoms with E-state index in [1.54, 1.807) is 6.92 Å². The number of nitrogens with zero attached hydrogens (tertiary/aromatic N) is 1. The number of hydrogen-bond acceptors (Lipinski definition) is 6. The lowest BCUT2D eigenvalue weighted by atomic mass is 10.2. The minimum atomic E-state index is -4.79. The number of likely N-dealkylation sites (N-methyl/N-ethyl adjacent to an activating group) is 1. The molecule has 0 spiro atoms. The Morgan fingerprint density at radius 2 is 1.91 bits per heavy atom. The first-order valence-corrected chi connectivity index (χ1v) is 8.33. The summed E-state index contributed by atoms with van der Waals surface area (Å²) in [4.78, 5) is 30.8. The smallest absolute Gasteiger partial charge is 0.333 e. The van der Waals surface area contributed by atoms with Crippen LogP contribution in [0.3, 0.4) is 0 Å². The number of hydrogen-bond donors (Lipinski definition) is 1. The summed E-state index contributed by atoms with van der Waals surface area (Å²) < 4.78 is 26.1. The molecule has 2 atom stereocenters. The van der Waals surface area contributed by atoms with Gasteiger partial charge in [-0.3, -0.25) is 4.57 Å². The molecule has 0 aliphatic rings. The van der Waals surface area contributed by atoms with E-state index < -0.39 is 19.9 Å². The highest BCUT2D eigenvalue weighted by Crippen LogP contribution is 2.33. The predicted molar refractivity (Wildman–Crippen MR) is 78.8 cm³/mol. The average molecular weight is 339 g/mol. The summed E-state index contributed by atoms with van der Waals surface area (Å²) >= 11 is 0. The number of carbonyl (C=O) groups is 1. The first-order valence-electron chi connectivity index (χ1n) is 6.84. The fourth-order valence-electron chi connectivity index (χ4n) is 1.61. The van der Waals surface area contributed by atoms with E-state index in [0.29, 0.717) is 16.6 Å². The number of phosphoric acid groups is 1. The molecule has 0 aromatic carbocycles. The van der Waals surface area contributed by atoms with E-state index in [4.69, 9.17) is 14.4 Å². The van der Waals surface area contributed by atoms with Gasteiger partial charge in [0.25, 0.3) is 7.82 Å². The number of phosphoric ester groups is 1. The van der Waals surface area contributed by atoms with Gasteiger partial charge < -0.3 is 28.3 Å². The molecule has 0 fully saturated rings. The van der Waals surface area contributed by atoms with Gasteiger partial charge in [-0.15, -0.1) is 0 Å². The van der Waals surface area contributed by atoms with Crippen LogP contribution in [0.25, 0.3) is 0 Å². The first-order chi connectivity index (χ1) is 9.91. The van der Waals surface area contributed by atoms with Gasteiger partial charge in [-0.05, 0) is 6.92 Å². The fourth-order valence-corrected chi connectivity index (χ4v) is 2.16. The molecule has 0 saturated carbocycles. The largest absolute Gasteiger partial charge is 0.756 e. The molecule has 0 bridgehead atoms. The van der Waals surface area contributed by atoms with Crippen LogP contribution in [0.15, 0.2) is 12.2 Å². The summed E-state index contributed by atoms with van der Waals surface area (Å²) in [5, 5.41) is 0. The van der Waals surface area contributed by atoms with Crippen molar-refractivity contribution in [3.63, 3.8) is 0 Å². The zero-order valence-electron chi connectivity index (χ0n) is 13.6. The van der Waals surface area contributed by atoms with Gasteiger partial charge in [0.15, 0.2) is 0 Å². The number of ether oxygens (including phenoxy) is 2. The SMILES string of the molecule is C=C(C)C(=O)OCCOCCC(C[N+](C)(C)C)OP(=O)([O-])O. The molecule has 0 radical (unpaired) electrons. The van der Waals surface area contributed by atoms with E-state index in [9.17, 15) is 14.3 Å². The summed E-state index contributed by atoms with van der Waals surface area (Å²) in [6, 6.07) is 0. The predicted octanol–water partition coefficient (Wildman–Crippen LogP) is 0.0645. The van der Waals surface area contributed by atoms with Crippen molar-refractivity contribution in [2.75, 3.05) is 47.5 Å². The van der Waals surface area contributed by atoms with Crippen LogP contribution in [0.1, 0.15) is 13.3 Å². The zero-order chi connectivity index (χ0) is 17.4. The summed E-state index contributed by atoms with van der Waals surface area (Å²) in [6.07, 6.45) is -0.400. The minimum Gasteiger partial charge on any atom is -0.756 e. The maximum atomic E-state index is 11.1. The van der Waals surface area contributed by atoms with Crippen molar-refractivity contribution in [1.29, 1.82) is 0 Å². The second-order valence-corrected chi connectivity index (χ2v) is 7.13. The third-order valence-electron chi connectivity index (χ3n) is 2.43. The van der Waals surface area contributed by atoms with E-state index >= 15 is 0 Å². The lowest BCUT2D eigenvalue weighted by molar-refractivity contribution is -0.873. The molecule has 130 valence electrons. The Labute approximate surface area is 131 Å². The molecule has 0 heterocycles. The van der Waals surface area contributed by atoms with Gasteiger partial charge in [-0.25, -0.2) is 4.79 Å². The summed E-state index contributed by atoms with van der Waals surface area (Å²) in [5.41, 5.74) is 0.311. The molecular formula is C13H26NO7P. The fraction of sp³-hybridized carbons (Fsp3) is 0.769. The third-order valence-corrected chi connectivity index (χ3v) is 2.99. The van der Waals surface area contributed by atoms with Crippen LogP contribution < -0.4 is 4.89 Å². The monoisotopic (exact) mass is 339 g/mol. The Hall–Kier alpha value is -0.760. The molecular weight excluding hydrogens is 313 g/mol. The molecule has 0 aromatic heterocycles. The van der Waals surface area contributed by atoms with E-state index in [0.717, 1.165) is 0 Å². The Balaban J connectivity index is 4.06. The Morgan fingerprint density at radius 1 is 1.32 bits per heavy atom. The van der Waals surface area contributed by atoms with Gasteiger partial charge in [0.2, 0.25) is 0 Å². The Morgan fingerprint density at radius 3 is 2.36 bits per heavy atom. The maximum Gasteiger partial charge on any atom is 0.333 e. The minimum absolute atomic E-state index is 0.0899. The standard InChI is InChI=1S/C13H26NO7P/c1-11(2)13(15)20-9-8-19-7-6-12(10-14(3,4)5)21-22(16,17)18/h12H,1,6-10H2,2-5H3,(H-,16,17,18). The van der Waals surface area contributed by atoms with Crippen LogP contribution in [0.5, 0.6) is 0 Å². The number of carbonyl (C=O) groups excluding carboxylic acids is 1. The number of quaternary nitrogens is 1. The first kappa shape index (κ1) is 21.2. The molecule has 9 heteroatoms. The van der Waals surface area contributed by atoms with Gasteiger partial charge in [-0.1, -0.05) is 6.58 Å². The van der Waals surface area contributed by atoms with Crippen molar-refractivity contribution >= 4 is 13.8 Å². The van der Waals surface area contributed by atoms with E-state index in [2.05, 4.69) is 11.1 Å². The second-order valence-electron chi connectivity index (χ2n) is 5.99. The van der Waals surface area contributed by atoms with Crippen molar-refractivity contribution in [2.24, 2.45) is 0 Å². The lowest BCUT2D eigenvalue weighted by Gasteiger charge is -2.31. The molecule has 0 aliphatic heterocycles. The van der Waals surface area contributed by atoms with Crippen molar-refractivity contribution in [3.05, 3.63) is 12.2 Å². The van der Waals surface area contributed by atoms with Crippen LogP contribution in [-0.4, -0.2) is 69.0 Å². The summed E-state index contributed by atoms with van der Waals surface area (Å²) in [5.74, 6) is -0.484. The molecule has 0 amide bonds. The van der Waals surface area contributed by atoms with Crippen LogP contribution in [0.2, 0.25) is 0 Å². The van der Waals surface area contributed by atoms with E-state index in [1.165, 1.54) is 0 Å². The molecule has 8 nitrogen and oxygen atoms in total. The highest BCUT2D eigenvalue weighted by molar-refractivity contribution is 7.44. The van der Waals surface area contributed by atoms with Gasteiger partial charge in [0, 0.05) is 18.6 Å². The molecule has 0 aliphatic carbocycles. The van der Waals surface area contributed by atoms with Gasteiger partial charge in [0.1, 0.15) is 19.3 Å².